The van der Waals surface area contributed by atoms with Crippen molar-refractivity contribution in [2.45, 2.75) is 44.2 Å². The minimum absolute atomic E-state index is 0.0967. The fraction of sp³-hybridized carbons (Fsp3) is 0.917. The summed E-state index contributed by atoms with van der Waals surface area (Å²) >= 11 is 1.72. The number of nitrogens with two attached hydrogens (primary N) is 1. The Morgan fingerprint density at radius 2 is 2.41 bits per heavy atom. The Balaban J connectivity index is 2.43. The van der Waals surface area contributed by atoms with Gasteiger partial charge in [-0.15, -0.1) is 0 Å². The van der Waals surface area contributed by atoms with Gasteiger partial charge in [0.25, 0.3) is 0 Å². The molecular weight excluding hydrogens is 236 g/mol. The molecule has 1 heterocycles. The van der Waals surface area contributed by atoms with Crippen LogP contribution in [0.25, 0.3) is 0 Å². The lowest BCUT2D eigenvalue weighted by atomic mass is 10.1. The summed E-state index contributed by atoms with van der Waals surface area (Å²) in [6, 6.07) is -0.0489. The molecule has 0 spiro atoms. The van der Waals surface area contributed by atoms with Gasteiger partial charge in [0.05, 0.1) is 6.04 Å². The van der Waals surface area contributed by atoms with Gasteiger partial charge in [0.2, 0.25) is 5.91 Å². The fourth-order valence-electron chi connectivity index (χ4n) is 2.33. The summed E-state index contributed by atoms with van der Waals surface area (Å²) in [6.45, 7) is 1.04. The highest BCUT2D eigenvalue weighted by Gasteiger charge is 2.30. The molecule has 1 aliphatic heterocycles. The quantitative estimate of drug-likeness (QED) is 0.711. The lowest BCUT2D eigenvalue weighted by Gasteiger charge is -2.27. The van der Waals surface area contributed by atoms with E-state index < -0.39 is 0 Å². The molecule has 100 valence electrons. The van der Waals surface area contributed by atoms with Crippen LogP contribution in [0.3, 0.4) is 0 Å². The molecule has 5 heteroatoms. The Morgan fingerprint density at radius 1 is 1.65 bits per heavy atom. The molecule has 0 bridgehead atoms. The first-order valence-electron chi connectivity index (χ1n) is 6.36. The van der Waals surface area contributed by atoms with E-state index in [0.29, 0.717) is 6.04 Å². The first-order chi connectivity index (χ1) is 8.20. The third-order valence-corrected chi connectivity index (χ3v) is 3.95. The van der Waals surface area contributed by atoms with E-state index in [0.717, 1.165) is 44.4 Å². The van der Waals surface area contributed by atoms with E-state index in [-0.39, 0.29) is 18.6 Å². The highest BCUT2D eigenvalue weighted by molar-refractivity contribution is 7.98. The van der Waals surface area contributed by atoms with Crippen LogP contribution in [-0.4, -0.2) is 53.2 Å². The van der Waals surface area contributed by atoms with Crippen LogP contribution in [0.1, 0.15) is 32.1 Å². The summed E-state index contributed by atoms with van der Waals surface area (Å²) in [4.78, 5) is 14.1. The first kappa shape index (κ1) is 14.8. The average molecular weight is 260 g/mol. The predicted molar refractivity (Wildman–Crippen MR) is 72.0 cm³/mol. The van der Waals surface area contributed by atoms with Gasteiger partial charge < -0.3 is 15.7 Å². The van der Waals surface area contributed by atoms with Crippen molar-refractivity contribution in [1.82, 2.24) is 4.90 Å². The summed E-state index contributed by atoms with van der Waals surface area (Å²) in [6.07, 6.45) is 6.57. The van der Waals surface area contributed by atoms with Gasteiger partial charge >= 0.3 is 0 Å². The number of hydrogen-bond donors (Lipinski definition) is 2. The smallest absolute Gasteiger partial charge is 0.239 e. The Morgan fingerprint density at radius 3 is 3.06 bits per heavy atom. The number of thioether (sulfide) groups is 1. The van der Waals surface area contributed by atoms with E-state index >= 15 is 0 Å². The molecule has 1 unspecified atom stereocenters. The number of carbonyl (C=O) groups excluding carboxylic acids is 1. The van der Waals surface area contributed by atoms with Gasteiger partial charge in [-0.2, -0.15) is 11.8 Å². The van der Waals surface area contributed by atoms with E-state index in [1.165, 1.54) is 0 Å². The second-order valence-corrected chi connectivity index (χ2v) is 5.57. The van der Waals surface area contributed by atoms with Crippen molar-refractivity contribution in [3.8, 4) is 0 Å². The summed E-state index contributed by atoms with van der Waals surface area (Å²) < 4.78 is 0. The number of aliphatic hydroxyl groups excluding tert-OH is 1. The van der Waals surface area contributed by atoms with Gasteiger partial charge in [-0.3, -0.25) is 4.79 Å². The Hall–Kier alpha value is -0.260. The van der Waals surface area contributed by atoms with Gasteiger partial charge in [0.1, 0.15) is 0 Å². The molecule has 4 nitrogen and oxygen atoms in total. The first-order valence-corrected chi connectivity index (χ1v) is 7.76. The number of aliphatic hydroxyl groups is 1. The van der Waals surface area contributed by atoms with Crippen LogP contribution in [0, 0.1) is 0 Å². The molecule has 0 aromatic carbocycles. The topological polar surface area (TPSA) is 66.6 Å². The minimum Gasteiger partial charge on any atom is -0.396 e. The largest absolute Gasteiger partial charge is 0.396 e. The number of rotatable bonds is 7. The normalized spacial score (nSPS) is 21.8. The summed E-state index contributed by atoms with van der Waals surface area (Å²) in [5.41, 5.74) is 5.92. The van der Waals surface area contributed by atoms with E-state index in [1.807, 2.05) is 11.2 Å². The number of carbonyl (C=O) groups is 1. The predicted octanol–water partition coefficient (Wildman–Crippen LogP) is 0.830. The third kappa shape index (κ3) is 4.48. The van der Waals surface area contributed by atoms with E-state index in [9.17, 15) is 4.79 Å². The van der Waals surface area contributed by atoms with Crippen LogP contribution in [0.4, 0.5) is 0 Å². The maximum Gasteiger partial charge on any atom is 0.239 e. The molecule has 0 aromatic heterocycles. The SMILES string of the molecule is CSCC[C@@H](N)C(=O)N1CCCC1CCCO. The van der Waals surface area contributed by atoms with Gasteiger partial charge in [0, 0.05) is 19.2 Å². The van der Waals surface area contributed by atoms with Crippen molar-refractivity contribution < 1.29 is 9.90 Å². The zero-order chi connectivity index (χ0) is 12.7. The van der Waals surface area contributed by atoms with E-state index in [1.54, 1.807) is 11.8 Å². The molecule has 1 fully saturated rings. The third-order valence-electron chi connectivity index (χ3n) is 3.31. The molecule has 0 radical (unpaired) electrons. The van der Waals surface area contributed by atoms with Gasteiger partial charge in [-0.25, -0.2) is 0 Å². The van der Waals surface area contributed by atoms with Gasteiger partial charge in [-0.05, 0) is 44.1 Å². The monoisotopic (exact) mass is 260 g/mol. The van der Waals surface area contributed by atoms with Crippen molar-refractivity contribution in [3.63, 3.8) is 0 Å². The van der Waals surface area contributed by atoms with Crippen molar-refractivity contribution in [2.24, 2.45) is 5.73 Å². The fourth-order valence-corrected chi connectivity index (χ4v) is 2.82. The summed E-state index contributed by atoms with van der Waals surface area (Å²) in [5.74, 6) is 1.03. The van der Waals surface area contributed by atoms with E-state index in [2.05, 4.69) is 0 Å². The molecule has 0 saturated carbocycles. The maximum absolute atomic E-state index is 12.2. The zero-order valence-electron chi connectivity index (χ0n) is 10.6. The second kappa shape index (κ2) is 7.95. The lowest BCUT2D eigenvalue weighted by Crippen LogP contribution is -2.46. The summed E-state index contributed by atoms with van der Waals surface area (Å²) in [7, 11) is 0. The second-order valence-electron chi connectivity index (χ2n) is 4.58. The molecular formula is C12H24N2O2S. The van der Waals surface area contributed by atoms with Crippen LogP contribution >= 0.6 is 11.8 Å². The minimum atomic E-state index is -0.350. The lowest BCUT2D eigenvalue weighted by molar-refractivity contribution is -0.133. The Kier molecular flexibility index (Phi) is 6.92. The van der Waals surface area contributed by atoms with Crippen LogP contribution in [0.5, 0.6) is 0 Å². The summed E-state index contributed by atoms with van der Waals surface area (Å²) in [5, 5.41) is 8.85. The Labute approximate surface area is 108 Å². The molecule has 17 heavy (non-hydrogen) atoms. The van der Waals surface area contributed by atoms with Crippen LogP contribution in [0.2, 0.25) is 0 Å². The van der Waals surface area contributed by atoms with Crippen LogP contribution < -0.4 is 5.73 Å². The number of hydrogen-bond acceptors (Lipinski definition) is 4. The molecule has 0 aromatic rings. The average Bonchev–Trinajstić information content (AvgIpc) is 2.80. The number of amides is 1. The van der Waals surface area contributed by atoms with Gasteiger partial charge in [0.15, 0.2) is 0 Å². The molecule has 2 atom stereocenters. The highest BCUT2D eigenvalue weighted by Crippen LogP contribution is 2.22. The van der Waals surface area contributed by atoms with Crippen LogP contribution in [-0.2, 0) is 4.79 Å². The maximum atomic E-state index is 12.2. The zero-order valence-corrected chi connectivity index (χ0v) is 11.4. The Bertz CT molecular complexity index is 239. The van der Waals surface area contributed by atoms with E-state index in [4.69, 9.17) is 10.8 Å². The molecule has 1 rings (SSSR count). The number of nitrogens with zero attached hydrogens (tertiary/aromatic N) is 1. The van der Waals surface area contributed by atoms with Crippen LogP contribution in [0.15, 0.2) is 0 Å². The van der Waals surface area contributed by atoms with Crippen molar-refractivity contribution in [1.29, 1.82) is 0 Å². The van der Waals surface area contributed by atoms with Crippen molar-refractivity contribution >= 4 is 17.7 Å². The molecule has 1 saturated heterocycles. The molecule has 0 aliphatic carbocycles. The van der Waals surface area contributed by atoms with Crippen molar-refractivity contribution in [3.05, 3.63) is 0 Å². The molecule has 3 N–H and O–H groups in total. The molecule has 1 aliphatic rings. The van der Waals surface area contributed by atoms with Gasteiger partial charge in [-0.1, -0.05) is 0 Å². The standard InChI is InChI=1S/C12H24N2O2S/c1-17-9-6-11(13)12(16)14-7-2-4-10(14)5-3-8-15/h10-11,15H,2-9,13H2,1H3/t10?,11-/m1/s1. The molecule has 1 amide bonds. The number of likely N-dealkylation sites (tertiary alicyclic amines) is 1. The van der Waals surface area contributed by atoms with Crippen molar-refractivity contribution in [2.75, 3.05) is 25.2 Å². The highest BCUT2D eigenvalue weighted by atomic mass is 32.2.